The molecule has 3 nitrogen and oxygen atoms in total. The second-order valence-electron chi connectivity index (χ2n) is 4.43. The summed E-state index contributed by atoms with van der Waals surface area (Å²) in [7, 11) is 0. The first-order chi connectivity index (χ1) is 7.52. The van der Waals surface area contributed by atoms with E-state index in [-0.39, 0.29) is 24.4 Å². The van der Waals surface area contributed by atoms with E-state index < -0.39 is 0 Å². The average Bonchev–Trinajstić information content (AvgIpc) is 2.25. The molecular formula is C13H21ClN2O. The summed E-state index contributed by atoms with van der Waals surface area (Å²) in [6.45, 7) is 6.54. The van der Waals surface area contributed by atoms with Gasteiger partial charge in [-0.2, -0.15) is 0 Å². The Kier molecular flexibility index (Phi) is 6.85. The number of carbonyl (C=O) groups is 1. The molecule has 1 aromatic carbocycles. The van der Waals surface area contributed by atoms with E-state index in [0.717, 1.165) is 11.1 Å². The lowest BCUT2D eigenvalue weighted by Crippen LogP contribution is -2.40. The van der Waals surface area contributed by atoms with Crippen LogP contribution in [0.25, 0.3) is 0 Å². The number of hydrogen-bond donors (Lipinski definition) is 2. The van der Waals surface area contributed by atoms with Gasteiger partial charge in [0.05, 0.1) is 0 Å². The molecule has 17 heavy (non-hydrogen) atoms. The van der Waals surface area contributed by atoms with Gasteiger partial charge in [0.25, 0.3) is 5.91 Å². The first-order valence-electron chi connectivity index (χ1n) is 5.61. The minimum Gasteiger partial charge on any atom is -0.350 e. The summed E-state index contributed by atoms with van der Waals surface area (Å²) in [4.78, 5) is 11.8. The Morgan fingerprint density at radius 2 is 1.94 bits per heavy atom. The highest BCUT2D eigenvalue weighted by Crippen LogP contribution is 2.06. The molecular weight excluding hydrogens is 236 g/mol. The molecule has 96 valence electrons. The highest BCUT2D eigenvalue weighted by atomic mass is 35.5. The van der Waals surface area contributed by atoms with Crippen LogP contribution in [0.5, 0.6) is 0 Å². The van der Waals surface area contributed by atoms with Crippen LogP contribution >= 0.6 is 12.4 Å². The van der Waals surface area contributed by atoms with Crippen molar-refractivity contribution in [1.82, 2.24) is 5.32 Å². The van der Waals surface area contributed by atoms with Crippen molar-refractivity contribution < 1.29 is 4.79 Å². The van der Waals surface area contributed by atoms with Gasteiger partial charge < -0.3 is 11.1 Å². The van der Waals surface area contributed by atoms with Crippen LogP contribution < -0.4 is 11.1 Å². The zero-order valence-corrected chi connectivity index (χ0v) is 11.4. The molecule has 1 rings (SSSR count). The molecule has 3 N–H and O–H groups in total. The number of nitrogens with two attached hydrogens (primary N) is 1. The molecule has 0 heterocycles. The maximum atomic E-state index is 11.8. The summed E-state index contributed by atoms with van der Waals surface area (Å²) in [5.41, 5.74) is 7.57. The summed E-state index contributed by atoms with van der Waals surface area (Å²) in [6, 6.07) is 7.55. The first kappa shape index (κ1) is 15.9. The van der Waals surface area contributed by atoms with Crippen LogP contribution in [0.1, 0.15) is 29.8 Å². The van der Waals surface area contributed by atoms with Crippen LogP contribution in [0.3, 0.4) is 0 Å². The van der Waals surface area contributed by atoms with Crippen LogP contribution in [-0.2, 0) is 0 Å². The van der Waals surface area contributed by atoms with Crippen molar-refractivity contribution in [2.75, 3.05) is 6.54 Å². The summed E-state index contributed by atoms with van der Waals surface area (Å²) >= 11 is 0. The zero-order valence-electron chi connectivity index (χ0n) is 10.6. The number of carbonyl (C=O) groups excluding carboxylic acids is 1. The lowest BCUT2D eigenvalue weighted by molar-refractivity contribution is 0.0948. The Balaban J connectivity index is 0.00000256. The van der Waals surface area contributed by atoms with E-state index in [1.807, 2.05) is 45.0 Å². The van der Waals surface area contributed by atoms with Gasteiger partial charge in [-0.3, -0.25) is 4.79 Å². The van der Waals surface area contributed by atoms with Gasteiger partial charge in [0.1, 0.15) is 0 Å². The fourth-order valence-corrected chi connectivity index (χ4v) is 1.37. The van der Waals surface area contributed by atoms with Crippen LogP contribution in [0, 0.1) is 12.8 Å². The van der Waals surface area contributed by atoms with Gasteiger partial charge in [0, 0.05) is 18.2 Å². The van der Waals surface area contributed by atoms with E-state index in [4.69, 9.17) is 5.73 Å². The molecule has 0 spiro atoms. The minimum absolute atomic E-state index is 0. The van der Waals surface area contributed by atoms with Crippen molar-refractivity contribution in [2.24, 2.45) is 11.7 Å². The van der Waals surface area contributed by atoms with Crippen molar-refractivity contribution in [3.8, 4) is 0 Å². The summed E-state index contributed by atoms with van der Waals surface area (Å²) in [5.74, 6) is 0.325. The lowest BCUT2D eigenvalue weighted by Gasteiger charge is -2.16. The largest absolute Gasteiger partial charge is 0.350 e. The van der Waals surface area contributed by atoms with Crippen molar-refractivity contribution in [3.05, 3.63) is 35.4 Å². The molecule has 1 aromatic rings. The topological polar surface area (TPSA) is 55.1 Å². The third kappa shape index (κ3) is 4.75. The van der Waals surface area contributed by atoms with E-state index in [2.05, 4.69) is 5.32 Å². The Morgan fingerprint density at radius 1 is 1.35 bits per heavy atom. The number of halogens is 1. The van der Waals surface area contributed by atoms with Gasteiger partial charge >= 0.3 is 0 Å². The zero-order chi connectivity index (χ0) is 12.1. The van der Waals surface area contributed by atoms with Crippen LogP contribution in [0.2, 0.25) is 0 Å². The smallest absolute Gasteiger partial charge is 0.251 e. The molecule has 0 aliphatic heterocycles. The lowest BCUT2D eigenvalue weighted by atomic mass is 10.0. The molecule has 0 saturated carbocycles. The molecule has 4 heteroatoms. The van der Waals surface area contributed by atoms with Crippen molar-refractivity contribution >= 4 is 18.3 Å². The maximum Gasteiger partial charge on any atom is 0.251 e. The van der Waals surface area contributed by atoms with E-state index >= 15 is 0 Å². The number of benzene rings is 1. The van der Waals surface area contributed by atoms with Gasteiger partial charge in [-0.1, -0.05) is 32.0 Å². The third-order valence-corrected chi connectivity index (χ3v) is 2.74. The molecule has 0 aliphatic rings. The molecule has 1 atom stereocenters. The van der Waals surface area contributed by atoms with Crippen LogP contribution in [0.4, 0.5) is 0 Å². The number of hydrogen-bond acceptors (Lipinski definition) is 2. The molecule has 0 aromatic heterocycles. The van der Waals surface area contributed by atoms with Crippen molar-refractivity contribution in [2.45, 2.75) is 26.8 Å². The molecule has 0 fully saturated rings. The monoisotopic (exact) mass is 256 g/mol. The molecule has 0 saturated heterocycles. The average molecular weight is 257 g/mol. The van der Waals surface area contributed by atoms with Crippen molar-refractivity contribution in [3.63, 3.8) is 0 Å². The predicted molar refractivity (Wildman–Crippen MR) is 73.6 cm³/mol. The summed E-state index contributed by atoms with van der Waals surface area (Å²) < 4.78 is 0. The molecule has 0 aliphatic carbocycles. The van der Waals surface area contributed by atoms with Crippen molar-refractivity contribution in [1.29, 1.82) is 0 Å². The fraction of sp³-hybridized carbons (Fsp3) is 0.462. The predicted octanol–water partition coefficient (Wildman–Crippen LogP) is 2.13. The Hall–Kier alpha value is -1.06. The van der Waals surface area contributed by atoms with E-state index in [0.29, 0.717) is 12.5 Å². The number of rotatable bonds is 4. The molecule has 0 unspecified atom stereocenters. The SMILES string of the molecule is Cc1ccccc1C(=O)NC[C@@H](N)C(C)C.Cl. The first-order valence-corrected chi connectivity index (χ1v) is 5.61. The minimum atomic E-state index is -0.0470. The van der Waals surface area contributed by atoms with Gasteiger partial charge in [-0.25, -0.2) is 0 Å². The van der Waals surface area contributed by atoms with Gasteiger partial charge in [0.2, 0.25) is 0 Å². The highest BCUT2D eigenvalue weighted by molar-refractivity contribution is 5.95. The number of aryl methyl sites for hydroxylation is 1. The van der Waals surface area contributed by atoms with Gasteiger partial charge in [-0.05, 0) is 24.5 Å². The van der Waals surface area contributed by atoms with E-state index in [1.165, 1.54) is 0 Å². The highest BCUT2D eigenvalue weighted by Gasteiger charge is 2.11. The molecule has 0 radical (unpaired) electrons. The molecule has 1 amide bonds. The standard InChI is InChI=1S/C13H20N2O.ClH/c1-9(2)12(14)8-15-13(16)11-7-5-4-6-10(11)3;/h4-7,9,12H,8,14H2,1-3H3,(H,15,16);1H/t12-;/m1./s1. The Bertz CT molecular complexity index is 366. The maximum absolute atomic E-state index is 11.8. The van der Waals surface area contributed by atoms with E-state index in [1.54, 1.807) is 0 Å². The summed E-state index contributed by atoms with van der Waals surface area (Å²) in [5, 5.41) is 2.86. The Morgan fingerprint density at radius 3 is 2.47 bits per heavy atom. The molecule has 0 bridgehead atoms. The second-order valence-corrected chi connectivity index (χ2v) is 4.43. The number of nitrogens with one attached hydrogen (secondary N) is 1. The van der Waals surface area contributed by atoms with Gasteiger partial charge in [-0.15, -0.1) is 12.4 Å². The third-order valence-electron chi connectivity index (χ3n) is 2.74. The van der Waals surface area contributed by atoms with Gasteiger partial charge in [0.15, 0.2) is 0 Å². The second kappa shape index (κ2) is 7.30. The van der Waals surface area contributed by atoms with Crippen LogP contribution in [-0.4, -0.2) is 18.5 Å². The fourth-order valence-electron chi connectivity index (χ4n) is 1.37. The number of amides is 1. The Labute approximate surface area is 109 Å². The summed E-state index contributed by atoms with van der Waals surface area (Å²) in [6.07, 6.45) is 0. The normalized spacial score (nSPS) is 11.8. The van der Waals surface area contributed by atoms with Crippen LogP contribution in [0.15, 0.2) is 24.3 Å². The quantitative estimate of drug-likeness (QED) is 0.867. The van der Waals surface area contributed by atoms with E-state index in [9.17, 15) is 4.79 Å².